The van der Waals surface area contributed by atoms with Gasteiger partial charge in [0.05, 0.1) is 12.7 Å². The first-order valence-electron chi connectivity index (χ1n) is 5.91. The van der Waals surface area contributed by atoms with Crippen LogP contribution in [0.5, 0.6) is 0 Å². The highest BCUT2D eigenvalue weighted by Crippen LogP contribution is 2.36. The second-order valence-electron chi connectivity index (χ2n) is 4.60. The minimum Gasteiger partial charge on any atom is -0.395 e. The van der Waals surface area contributed by atoms with Crippen molar-refractivity contribution in [3.8, 4) is 0 Å². The van der Waals surface area contributed by atoms with Crippen molar-refractivity contribution in [2.24, 2.45) is 11.7 Å². The van der Waals surface area contributed by atoms with Gasteiger partial charge in [-0.2, -0.15) is 11.8 Å². The van der Waals surface area contributed by atoms with Crippen molar-refractivity contribution in [1.82, 2.24) is 0 Å². The van der Waals surface area contributed by atoms with E-state index in [0.717, 1.165) is 12.4 Å². The molecule has 88 valence electrons. The van der Waals surface area contributed by atoms with Gasteiger partial charge in [-0.1, -0.05) is 0 Å². The molecule has 4 heteroatoms. The highest BCUT2D eigenvalue weighted by molar-refractivity contribution is 8.00. The van der Waals surface area contributed by atoms with Gasteiger partial charge in [-0.15, -0.1) is 0 Å². The second-order valence-corrected chi connectivity index (χ2v) is 5.88. The number of hydrogen-bond donors (Lipinski definition) is 2. The Morgan fingerprint density at radius 2 is 2.20 bits per heavy atom. The van der Waals surface area contributed by atoms with Gasteiger partial charge in [-0.25, -0.2) is 0 Å². The van der Waals surface area contributed by atoms with Crippen LogP contribution in [0.1, 0.15) is 25.7 Å². The molecule has 3 unspecified atom stereocenters. The van der Waals surface area contributed by atoms with Crippen LogP contribution < -0.4 is 5.73 Å². The number of hydrogen-bond acceptors (Lipinski definition) is 4. The van der Waals surface area contributed by atoms with Crippen LogP contribution in [0.15, 0.2) is 0 Å². The van der Waals surface area contributed by atoms with Gasteiger partial charge >= 0.3 is 0 Å². The lowest BCUT2D eigenvalue weighted by Crippen LogP contribution is -2.37. The average Bonchev–Trinajstić information content (AvgIpc) is 2.97. The van der Waals surface area contributed by atoms with Crippen LogP contribution in [0.2, 0.25) is 0 Å². The third-order valence-corrected chi connectivity index (χ3v) is 4.75. The van der Waals surface area contributed by atoms with Crippen LogP contribution in [-0.2, 0) is 4.74 Å². The Morgan fingerprint density at radius 3 is 2.73 bits per heavy atom. The summed E-state index contributed by atoms with van der Waals surface area (Å²) < 4.78 is 5.56. The summed E-state index contributed by atoms with van der Waals surface area (Å²) >= 11 is 1.80. The van der Waals surface area contributed by atoms with E-state index in [-0.39, 0.29) is 17.9 Å². The lowest BCUT2D eigenvalue weighted by Gasteiger charge is -2.22. The molecule has 15 heavy (non-hydrogen) atoms. The molecule has 1 aliphatic carbocycles. The molecule has 1 heterocycles. The molecule has 0 aromatic carbocycles. The van der Waals surface area contributed by atoms with E-state index in [4.69, 9.17) is 10.5 Å². The van der Waals surface area contributed by atoms with Gasteiger partial charge in [0.25, 0.3) is 0 Å². The van der Waals surface area contributed by atoms with Gasteiger partial charge in [0.2, 0.25) is 0 Å². The molecule has 1 saturated carbocycles. The average molecular weight is 231 g/mol. The van der Waals surface area contributed by atoms with Crippen LogP contribution >= 0.6 is 11.8 Å². The highest BCUT2D eigenvalue weighted by atomic mass is 32.2. The smallest absolute Gasteiger partial charge is 0.0666 e. The topological polar surface area (TPSA) is 55.5 Å². The molecule has 3 N–H and O–H groups in total. The summed E-state index contributed by atoms with van der Waals surface area (Å²) in [5.74, 6) is 1.66. The van der Waals surface area contributed by atoms with Crippen LogP contribution in [0.4, 0.5) is 0 Å². The zero-order valence-electron chi connectivity index (χ0n) is 9.10. The monoisotopic (exact) mass is 231 g/mol. The van der Waals surface area contributed by atoms with Gasteiger partial charge in [-0.3, -0.25) is 0 Å². The maximum absolute atomic E-state index is 9.31. The Labute approximate surface area is 95.7 Å². The standard InChI is InChI=1S/C11H21NO2S/c12-11(8-3-4-8)10(6-13)15-7-9-2-1-5-14-9/h8-11,13H,1-7,12H2. The number of aliphatic hydroxyl groups is 1. The molecule has 2 aliphatic rings. The quantitative estimate of drug-likeness (QED) is 0.716. The van der Waals surface area contributed by atoms with Gasteiger partial charge in [0, 0.05) is 23.7 Å². The summed E-state index contributed by atoms with van der Waals surface area (Å²) in [5, 5.41) is 9.52. The molecule has 0 spiro atoms. The minimum absolute atomic E-state index is 0.182. The fourth-order valence-electron chi connectivity index (χ4n) is 2.08. The lowest BCUT2D eigenvalue weighted by molar-refractivity contribution is 0.128. The Morgan fingerprint density at radius 1 is 1.40 bits per heavy atom. The molecule has 0 aromatic rings. The van der Waals surface area contributed by atoms with Crippen molar-refractivity contribution in [2.45, 2.75) is 43.1 Å². The highest BCUT2D eigenvalue weighted by Gasteiger charge is 2.34. The molecule has 0 aromatic heterocycles. The van der Waals surface area contributed by atoms with Crippen LogP contribution in [-0.4, -0.2) is 41.5 Å². The van der Waals surface area contributed by atoms with Crippen LogP contribution in [0, 0.1) is 5.92 Å². The fraction of sp³-hybridized carbons (Fsp3) is 1.00. The van der Waals surface area contributed by atoms with E-state index in [0.29, 0.717) is 12.0 Å². The maximum atomic E-state index is 9.31. The molecule has 0 bridgehead atoms. The summed E-state index contributed by atoms with van der Waals surface area (Å²) in [6, 6.07) is 0.182. The molecule has 2 fully saturated rings. The van der Waals surface area contributed by atoms with Crippen molar-refractivity contribution in [3.05, 3.63) is 0 Å². The molecule has 1 saturated heterocycles. The van der Waals surface area contributed by atoms with E-state index in [9.17, 15) is 5.11 Å². The van der Waals surface area contributed by atoms with E-state index in [1.807, 2.05) is 0 Å². The lowest BCUT2D eigenvalue weighted by atomic mass is 10.1. The maximum Gasteiger partial charge on any atom is 0.0666 e. The van der Waals surface area contributed by atoms with Crippen molar-refractivity contribution in [1.29, 1.82) is 0 Å². The van der Waals surface area contributed by atoms with Crippen LogP contribution in [0.25, 0.3) is 0 Å². The summed E-state index contributed by atoms with van der Waals surface area (Å²) in [4.78, 5) is 0. The van der Waals surface area contributed by atoms with Gasteiger partial charge in [0.1, 0.15) is 0 Å². The minimum atomic E-state index is 0.182. The summed E-state index contributed by atoms with van der Waals surface area (Å²) in [6.07, 6.45) is 5.25. The van der Waals surface area contributed by atoms with E-state index < -0.39 is 0 Å². The number of rotatable bonds is 6. The van der Waals surface area contributed by atoms with Gasteiger partial charge in [-0.05, 0) is 31.6 Å². The molecule has 3 nitrogen and oxygen atoms in total. The third kappa shape index (κ3) is 3.34. The summed E-state index contributed by atoms with van der Waals surface area (Å²) in [6.45, 7) is 1.11. The second kappa shape index (κ2) is 5.53. The normalized spacial score (nSPS) is 30.4. The predicted molar refractivity (Wildman–Crippen MR) is 63.0 cm³/mol. The first kappa shape index (κ1) is 11.7. The fourth-order valence-corrected chi connectivity index (χ4v) is 3.35. The predicted octanol–water partition coefficient (Wildman–Crippen LogP) is 0.997. The zero-order chi connectivity index (χ0) is 10.7. The molecule has 2 rings (SSSR count). The summed E-state index contributed by atoms with van der Waals surface area (Å²) in [5.41, 5.74) is 6.10. The molecule has 0 amide bonds. The first-order valence-corrected chi connectivity index (χ1v) is 6.95. The third-order valence-electron chi connectivity index (χ3n) is 3.30. The Bertz CT molecular complexity index is 193. The Kier molecular flexibility index (Phi) is 4.31. The molecular weight excluding hydrogens is 210 g/mol. The Balaban J connectivity index is 1.69. The molecule has 1 aliphatic heterocycles. The summed E-state index contributed by atoms with van der Waals surface area (Å²) in [7, 11) is 0. The van der Waals surface area contributed by atoms with E-state index in [1.165, 1.54) is 25.7 Å². The van der Waals surface area contributed by atoms with Crippen LogP contribution in [0.3, 0.4) is 0 Å². The van der Waals surface area contributed by atoms with Crippen molar-refractivity contribution in [2.75, 3.05) is 19.0 Å². The first-order chi connectivity index (χ1) is 7.31. The van der Waals surface area contributed by atoms with E-state index >= 15 is 0 Å². The zero-order valence-corrected chi connectivity index (χ0v) is 9.92. The molecule has 0 radical (unpaired) electrons. The van der Waals surface area contributed by atoms with Crippen molar-refractivity contribution in [3.63, 3.8) is 0 Å². The van der Waals surface area contributed by atoms with Gasteiger partial charge < -0.3 is 15.6 Å². The SMILES string of the molecule is NC(C1CC1)C(CO)SCC1CCCO1. The van der Waals surface area contributed by atoms with Crippen molar-refractivity contribution >= 4 is 11.8 Å². The molecular formula is C11H21NO2S. The number of aliphatic hydroxyl groups excluding tert-OH is 1. The largest absolute Gasteiger partial charge is 0.395 e. The van der Waals surface area contributed by atoms with Crippen molar-refractivity contribution < 1.29 is 9.84 Å². The number of ether oxygens (including phenoxy) is 1. The number of nitrogens with two attached hydrogens (primary N) is 1. The van der Waals surface area contributed by atoms with Gasteiger partial charge in [0.15, 0.2) is 0 Å². The number of thioether (sulfide) groups is 1. The molecule has 3 atom stereocenters. The van der Waals surface area contributed by atoms with E-state index in [1.54, 1.807) is 11.8 Å². The Hall–Kier alpha value is 0.230. The van der Waals surface area contributed by atoms with E-state index in [2.05, 4.69) is 0 Å².